The summed E-state index contributed by atoms with van der Waals surface area (Å²) in [6.07, 6.45) is 2.09. The van der Waals surface area contributed by atoms with Gasteiger partial charge in [0.05, 0.1) is 18.5 Å². The Balaban J connectivity index is 2.02. The highest BCUT2D eigenvalue weighted by Gasteiger charge is 2.20. The van der Waals surface area contributed by atoms with Crippen molar-refractivity contribution in [3.63, 3.8) is 0 Å². The summed E-state index contributed by atoms with van der Waals surface area (Å²) in [5.74, 6) is -0.791. The van der Waals surface area contributed by atoms with Crippen molar-refractivity contribution in [1.29, 1.82) is 0 Å². The van der Waals surface area contributed by atoms with Gasteiger partial charge >= 0.3 is 5.97 Å². The van der Waals surface area contributed by atoms with E-state index in [9.17, 15) is 9.18 Å². The van der Waals surface area contributed by atoms with Crippen molar-refractivity contribution in [2.75, 3.05) is 7.11 Å². The van der Waals surface area contributed by atoms with Crippen LogP contribution in [0.4, 0.5) is 4.39 Å². The van der Waals surface area contributed by atoms with Crippen molar-refractivity contribution in [2.24, 2.45) is 5.73 Å². The molecule has 0 spiro atoms. The van der Waals surface area contributed by atoms with Crippen LogP contribution in [-0.2, 0) is 16.0 Å². The van der Waals surface area contributed by atoms with Gasteiger partial charge in [-0.1, -0.05) is 30.3 Å². The molecule has 3 rings (SSSR count). The Morgan fingerprint density at radius 1 is 1.20 bits per heavy atom. The number of nitrogens with two attached hydrogens (primary N) is 1. The second-order valence-corrected chi connectivity index (χ2v) is 5.62. The van der Waals surface area contributed by atoms with Crippen LogP contribution in [0.5, 0.6) is 0 Å². The van der Waals surface area contributed by atoms with E-state index in [0.717, 1.165) is 22.5 Å². The summed E-state index contributed by atoms with van der Waals surface area (Å²) >= 11 is 0. The van der Waals surface area contributed by atoms with Crippen molar-refractivity contribution >= 4 is 5.97 Å². The molecule has 0 saturated heterocycles. The number of nitrogens with zero attached hydrogens (tertiary/aromatic N) is 2. The maximum Gasteiger partial charge on any atom is 0.322 e. The van der Waals surface area contributed by atoms with Crippen LogP contribution in [0.15, 0.2) is 60.8 Å². The second kappa shape index (κ2) is 7.27. The number of aromatic nitrogens is 2. The molecule has 25 heavy (non-hydrogen) atoms. The maximum atomic E-state index is 13.2. The summed E-state index contributed by atoms with van der Waals surface area (Å²) in [7, 11) is 1.31. The van der Waals surface area contributed by atoms with Crippen molar-refractivity contribution in [3.05, 3.63) is 72.2 Å². The minimum absolute atomic E-state index is 0.290. The summed E-state index contributed by atoms with van der Waals surface area (Å²) in [6, 6.07) is 14.9. The molecule has 0 saturated carbocycles. The van der Waals surface area contributed by atoms with Crippen LogP contribution in [0, 0.1) is 5.82 Å². The molecule has 6 heteroatoms. The lowest BCUT2D eigenvalue weighted by atomic mass is 10.0. The number of esters is 1. The number of hydrogen-bond acceptors (Lipinski definition) is 4. The molecule has 1 heterocycles. The summed E-state index contributed by atoms with van der Waals surface area (Å²) < 4.78 is 19.5. The summed E-state index contributed by atoms with van der Waals surface area (Å²) in [4.78, 5) is 11.7. The number of carbonyl (C=O) groups is 1. The fourth-order valence-electron chi connectivity index (χ4n) is 2.60. The standard InChI is InChI=1S/C19H18FN3O2/c1-25-19(24)17(21)11-14-12-23(16-9-7-15(20)8-10-16)22-18(14)13-5-3-2-4-6-13/h2-10,12,17H,11,21H2,1H3. The molecule has 0 amide bonds. The van der Waals surface area contributed by atoms with Gasteiger partial charge in [0.2, 0.25) is 0 Å². The van der Waals surface area contributed by atoms with Gasteiger partial charge in [-0.2, -0.15) is 5.10 Å². The Bertz CT molecular complexity index is 860. The van der Waals surface area contributed by atoms with E-state index in [1.807, 2.05) is 30.3 Å². The molecule has 1 aromatic heterocycles. The van der Waals surface area contributed by atoms with Crippen molar-refractivity contribution in [2.45, 2.75) is 12.5 Å². The number of benzene rings is 2. The van der Waals surface area contributed by atoms with Crippen LogP contribution in [0.1, 0.15) is 5.56 Å². The summed E-state index contributed by atoms with van der Waals surface area (Å²) in [5, 5.41) is 4.61. The van der Waals surface area contributed by atoms with E-state index >= 15 is 0 Å². The Hall–Kier alpha value is -2.99. The third-order valence-electron chi connectivity index (χ3n) is 3.87. The number of carbonyl (C=O) groups excluding carboxylic acids is 1. The van der Waals surface area contributed by atoms with E-state index in [-0.39, 0.29) is 12.2 Å². The zero-order valence-electron chi connectivity index (χ0n) is 13.7. The van der Waals surface area contributed by atoms with Crippen LogP contribution < -0.4 is 5.73 Å². The van der Waals surface area contributed by atoms with Gasteiger partial charge in [0.25, 0.3) is 0 Å². The van der Waals surface area contributed by atoms with Crippen LogP contribution in [-0.4, -0.2) is 28.9 Å². The highest BCUT2D eigenvalue weighted by atomic mass is 19.1. The van der Waals surface area contributed by atoms with Gasteiger partial charge in [0, 0.05) is 23.7 Å². The third-order valence-corrected chi connectivity index (χ3v) is 3.87. The quantitative estimate of drug-likeness (QED) is 0.726. The lowest BCUT2D eigenvalue weighted by Crippen LogP contribution is -2.33. The average molecular weight is 339 g/mol. The average Bonchev–Trinajstić information content (AvgIpc) is 3.06. The van der Waals surface area contributed by atoms with Gasteiger partial charge in [-0.15, -0.1) is 0 Å². The number of halogens is 1. The van der Waals surface area contributed by atoms with Gasteiger partial charge in [-0.3, -0.25) is 4.79 Å². The number of methoxy groups -OCH3 is 1. The fourth-order valence-corrected chi connectivity index (χ4v) is 2.60. The zero-order valence-corrected chi connectivity index (χ0v) is 13.7. The van der Waals surface area contributed by atoms with Gasteiger partial charge in [0.15, 0.2) is 0 Å². The molecule has 0 radical (unpaired) electrons. The van der Waals surface area contributed by atoms with Gasteiger partial charge in [0.1, 0.15) is 11.9 Å². The molecule has 3 aromatic rings. The monoisotopic (exact) mass is 339 g/mol. The van der Waals surface area contributed by atoms with E-state index in [4.69, 9.17) is 10.5 Å². The van der Waals surface area contributed by atoms with Crippen LogP contribution in [0.25, 0.3) is 16.9 Å². The van der Waals surface area contributed by atoms with E-state index in [1.54, 1.807) is 23.0 Å². The lowest BCUT2D eigenvalue weighted by molar-refractivity contribution is -0.142. The normalized spacial score (nSPS) is 12.0. The molecule has 0 aliphatic carbocycles. The first-order chi connectivity index (χ1) is 12.1. The zero-order chi connectivity index (χ0) is 17.8. The van der Waals surface area contributed by atoms with Gasteiger partial charge in [-0.05, 0) is 24.3 Å². The summed E-state index contributed by atoms with van der Waals surface area (Å²) in [6.45, 7) is 0. The molecule has 128 valence electrons. The molecule has 1 atom stereocenters. The van der Waals surface area contributed by atoms with E-state index in [1.165, 1.54) is 19.2 Å². The molecule has 0 aliphatic heterocycles. The molecule has 0 aliphatic rings. The highest BCUT2D eigenvalue weighted by molar-refractivity contribution is 5.76. The largest absolute Gasteiger partial charge is 0.468 e. The molecule has 2 N–H and O–H groups in total. The highest BCUT2D eigenvalue weighted by Crippen LogP contribution is 2.24. The lowest BCUT2D eigenvalue weighted by Gasteiger charge is -2.08. The molecular formula is C19H18FN3O2. The van der Waals surface area contributed by atoms with E-state index in [0.29, 0.717) is 0 Å². The Kier molecular flexibility index (Phi) is 4.90. The van der Waals surface area contributed by atoms with Crippen LogP contribution >= 0.6 is 0 Å². The topological polar surface area (TPSA) is 70.1 Å². The predicted octanol–water partition coefficient (Wildman–Crippen LogP) is 2.72. The number of ether oxygens (including phenoxy) is 1. The molecule has 5 nitrogen and oxygen atoms in total. The Labute approximate surface area is 144 Å². The molecule has 2 aromatic carbocycles. The number of rotatable bonds is 5. The maximum absolute atomic E-state index is 13.2. The third kappa shape index (κ3) is 3.75. The van der Waals surface area contributed by atoms with Crippen molar-refractivity contribution in [1.82, 2.24) is 9.78 Å². The molecular weight excluding hydrogens is 321 g/mol. The first kappa shape index (κ1) is 16.9. The van der Waals surface area contributed by atoms with Crippen molar-refractivity contribution in [3.8, 4) is 16.9 Å². The van der Waals surface area contributed by atoms with Gasteiger partial charge < -0.3 is 10.5 Å². The van der Waals surface area contributed by atoms with Crippen LogP contribution in [0.3, 0.4) is 0 Å². The smallest absolute Gasteiger partial charge is 0.322 e. The SMILES string of the molecule is COC(=O)C(N)Cc1cn(-c2ccc(F)cc2)nc1-c1ccccc1. The molecule has 0 bridgehead atoms. The minimum Gasteiger partial charge on any atom is -0.468 e. The second-order valence-electron chi connectivity index (χ2n) is 5.62. The minimum atomic E-state index is -0.779. The molecule has 1 unspecified atom stereocenters. The predicted molar refractivity (Wildman–Crippen MR) is 92.7 cm³/mol. The van der Waals surface area contributed by atoms with Gasteiger partial charge in [-0.25, -0.2) is 9.07 Å². The van der Waals surface area contributed by atoms with E-state index in [2.05, 4.69) is 5.10 Å². The first-order valence-electron chi connectivity index (χ1n) is 7.82. The van der Waals surface area contributed by atoms with E-state index < -0.39 is 12.0 Å². The summed E-state index contributed by atoms with van der Waals surface area (Å²) in [5.41, 5.74) is 9.08. The Morgan fingerprint density at radius 2 is 1.88 bits per heavy atom. The number of hydrogen-bond donors (Lipinski definition) is 1. The Morgan fingerprint density at radius 3 is 2.52 bits per heavy atom. The first-order valence-corrected chi connectivity index (χ1v) is 7.82. The van der Waals surface area contributed by atoms with Crippen LogP contribution in [0.2, 0.25) is 0 Å². The van der Waals surface area contributed by atoms with Crippen molar-refractivity contribution < 1.29 is 13.9 Å². The molecule has 0 fully saturated rings. The fraction of sp³-hybridized carbons (Fsp3) is 0.158.